The Morgan fingerprint density at radius 2 is 1.69 bits per heavy atom. The van der Waals surface area contributed by atoms with Gasteiger partial charge in [0.05, 0.1) is 0 Å². The predicted octanol–water partition coefficient (Wildman–Crippen LogP) is 4.46. The molecule has 2 aromatic carbocycles. The highest BCUT2D eigenvalue weighted by Crippen LogP contribution is 2.27. The summed E-state index contributed by atoms with van der Waals surface area (Å²) in [6, 6.07) is 13.0. The first kappa shape index (κ1) is 22.1. The van der Waals surface area contributed by atoms with Gasteiger partial charge >= 0.3 is 0 Å². The molecule has 6 heteroatoms. The van der Waals surface area contributed by atoms with Crippen LogP contribution in [-0.4, -0.2) is 24.3 Å². The van der Waals surface area contributed by atoms with Gasteiger partial charge in [-0.1, -0.05) is 38.1 Å². The van der Waals surface area contributed by atoms with Gasteiger partial charge in [0.1, 0.15) is 0 Å². The van der Waals surface area contributed by atoms with Crippen molar-refractivity contribution in [1.29, 1.82) is 0 Å². The SMILES string of the molecule is CC(=O)Nc1cccc(N(CCC(=O)Nc2c(C)cccc2C(C)C)C(C)=O)c1. The van der Waals surface area contributed by atoms with Gasteiger partial charge in [0.25, 0.3) is 0 Å². The van der Waals surface area contributed by atoms with Gasteiger partial charge in [-0.15, -0.1) is 0 Å². The van der Waals surface area contributed by atoms with Gasteiger partial charge in [0.2, 0.25) is 17.7 Å². The first-order valence-corrected chi connectivity index (χ1v) is 9.74. The molecule has 0 atom stereocenters. The molecular weight excluding hydrogens is 366 g/mol. The fourth-order valence-corrected chi connectivity index (χ4v) is 3.18. The minimum absolute atomic E-state index is 0.148. The van der Waals surface area contributed by atoms with E-state index in [0.717, 1.165) is 16.8 Å². The summed E-state index contributed by atoms with van der Waals surface area (Å²) < 4.78 is 0. The van der Waals surface area contributed by atoms with Gasteiger partial charge in [-0.3, -0.25) is 14.4 Å². The highest BCUT2D eigenvalue weighted by atomic mass is 16.2. The van der Waals surface area contributed by atoms with Crippen molar-refractivity contribution in [2.45, 2.75) is 47.0 Å². The van der Waals surface area contributed by atoms with Crippen molar-refractivity contribution < 1.29 is 14.4 Å². The van der Waals surface area contributed by atoms with E-state index in [2.05, 4.69) is 24.5 Å². The lowest BCUT2D eigenvalue weighted by atomic mass is 9.98. The van der Waals surface area contributed by atoms with Crippen molar-refractivity contribution in [1.82, 2.24) is 0 Å². The largest absolute Gasteiger partial charge is 0.326 e. The Hall–Kier alpha value is -3.15. The lowest BCUT2D eigenvalue weighted by molar-refractivity contribution is -0.117. The van der Waals surface area contributed by atoms with Crippen molar-refractivity contribution in [3.63, 3.8) is 0 Å². The Kier molecular flexibility index (Phi) is 7.53. The highest BCUT2D eigenvalue weighted by Gasteiger charge is 2.16. The number of anilines is 3. The zero-order valence-corrected chi connectivity index (χ0v) is 17.7. The molecule has 0 fully saturated rings. The smallest absolute Gasteiger partial charge is 0.226 e. The number of nitrogens with zero attached hydrogens (tertiary/aromatic N) is 1. The Bertz CT molecular complexity index is 906. The minimum Gasteiger partial charge on any atom is -0.326 e. The fraction of sp³-hybridized carbons (Fsp3) is 0.348. The predicted molar refractivity (Wildman–Crippen MR) is 117 cm³/mol. The first-order chi connectivity index (χ1) is 13.7. The molecule has 0 aromatic heterocycles. The van der Waals surface area contributed by atoms with Crippen molar-refractivity contribution in [3.8, 4) is 0 Å². The van der Waals surface area contributed by atoms with Gasteiger partial charge in [0, 0.05) is 43.9 Å². The van der Waals surface area contributed by atoms with Crippen molar-refractivity contribution in [2.75, 3.05) is 22.1 Å². The maximum Gasteiger partial charge on any atom is 0.226 e. The molecule has 0 aliphatic heterocycles. The number of para-hydroxylation sites is 1. The third-order valence-electron chi connectivity index (χ3n) is 4.61. The molecule has 0 aliphatic carbocycles. The van der Waals surface area contributed by atoms with E-state index in [1.54, 1.807) is 24.3 Å². The number of rotatable bonds is 7. The van der Waals surface area contributed by atoms with E-state index in [0.29, 0.717) is 11.4 Å². The van der Waals surface area contributed by atoms with Gasteiger partial charge in [-0.05, 0) is 42.2 Å². The summed E-state index contributed by atoms with van der Waals surface area (Å²) in [5.41, 5.74) is 4.18. The average molecular weight is 396 g/mol. The van der Waals surface area contributed by atoms with E-state index < -0.39 is 0 Å². The van der Waals surface area contributed by atoms with Crippen molar-refractivity contribution in [2.24, 2.45) is 0 Å². The van der Waals surface area contributed by atoms with Gasteiger partial charge in [-0.25, -0.2) is 0 Å². The second-order valence-corrected chi connectivity index (χ2v) is 7.39. The maximum atomic E-state index is 12.6. The first-order valence-electron chi connectivity index (χ1n) is 9.74. The van der Waals surface area contributed by atoms with E-state index in [1.807, 2.05) is 25.1 Å². The monoisotopic (exact) mass is 395 g/mol. The molecule has 2 N–H and O–H groups in total. The van der Waals surface area contributed by atoms with E-state index in [4.69, 9.17) is 0 Å². The van der Waals surface area contributed by atoms with Gasteiger partial charge < -0.3 is 15.5 Å². The second kappa shape index (κ2) is 9.87. The number of amides is 3. The maximum absolute atomic E-state index is 12.6. The lowest BCUT2D eigenvalue weighted by Gasteiger charge is -2.22. The molecular formula is C23H29N3O3. The molecule has 3 amide bonds. The molecule has 154 valence electrons. The zero-order valence-electron chi connectivity index (χ0n) is 17.7. The summed E-state index contributed by atoms with van der Waals surface area (Å²) >= 11 is 0. The normalized spacial score (nSPS) is 10.6. The number of benzene rings is 2. The van der Waals surface area contributed by atoms with Gasteiger partial charge in [-0.2, -0.15) is 0 Å². The van der Waals surface area contributed by atoms with Crippen LogP contribution in [0.2, 0.25) is 0 Å². The molecule has 29 heavy (non-hydrogen) atoms. The number of carbonyl (C=O) groups is 3. The molecule has 2 rings (SSSR count). The topological polar surface area (TPSA) is 78.5 Å². The summed E-state index contributed by atoms with van der Waals surface area (Å²) in [4.78, 5) is 37.6. The van der Waals surface area contributed by atoms with E-state index in [1.165, 1.54) is 18.7 Å². The number of hydrogen-bond acceptors (Lipinski definition) is 3. The summed E-state index contributed by atoms with van der Waals surface area (Å²) in [7, 11) is 0. The number of carbonyl (C=O) groups excluding carboxylic acids is 3. The Labute approximate surface area is 172 Å². The summed E-state index contributed by atoms with van der Waals surface area (Å²) in [6.45, 7) is 9.27. The minimum atomic E-state index is -0.185. The summed E-state index contributed by atoms with van der Waals surface area (Å²) in [5.74, 6) is -0.215. The van der Waals surface area contributed by atoms with Crippen LogP contribution in [0.25, 0.3) is 0 Å². The Morgan fingerprint density at radius 1 is 1.00 bits per heavy atom. The zero-order chi connectivity index (χ0) is 21.6. The third-order valence-corrected chi connectivity index (χ3v) is 4.61. The van der Waals surface area contributed by atoms with Crippen LogP contribution >= 0.6 is 0 Å². The molecule has 0 saturated heterocycles. The lowest BCUT2D eigenvalue weighted by Crippen LogP contribution is -2.32. The molecule has 0 spiro atoms. The Balaban J connectivity index is 2.11. The molecule has 2 aromatic rings. The molecule has 0 unspecified atom stereocenters. The molecule has 0 radical (unpaired) electrons. The third kappa shape index (κ3) is 6.17. The molecule has 6 nitrogen and oxygen atoms in total. The van der Waals surface area contributed by atoms with Crippen molar-refractivity contribution in [3.05, 3.63) is 53.6 Å². The second-order valence-electron chi connectivity index (χ2n) is 7.39. The van der Waals surface area contributed by atoms with E-state index in [-0.39, 0.29) is 36.6 Å². The van der Waals surface area contributed by atoms with Crippen LogP contribution in [0.1, 0.15) is 51.2 Å². The standard InChI is InChI=1S/C23H29N3O3/c1-15(2)21-11-6-8-16(3)23(21)25-22(29)12-13-26(18(5)28)20-10-7-9-19(14-20)24-17(4)27/h6-11,14-15H,12-13H2,1-5H3,(H,24,27)(H,25,29). The number of nitrogens with one attached hydrogen (secondary N) is 2. The molecule has 0 bridgehead atoms. The number of aryl methyl sites for hydroxylation is 1. The van der Waals surface area contributed by atoms with Crippen LogP contribution in [0.5, 0.6) is 0 Å². The van der Waals surface area contributed by atoms with E-state index >= 15 is 0 Å². The van der Waals surface area contributed by atoms with Crippen molar-refractivity contribution >= 4 is 34.8 Å². The fourth-order valence-electron chi connectivity index (χ4n) is 3.18. The van der Waals surface area contributed by atoms with Crippen LogP contribution < -0.4 is 15.5 Å². The van der Waals surface area contributed by atoms with E-state index in [9.17, 15) is 14.4 Å². The summed E-state index contributed by atoms with van der Waals surface area (Å²) in [5, 5.41) is 5.71. The molecule has 0 heterocycles. The van der Waals surface area contributed by atoms with Crippen LogP contribution in [-0.2, 0) is 14.4 Å². The van der Waals surface area contributed by atoms with Crippen LogP contribution in [0.4, 0.5) is 17.1 Å². The highest BCUT2D eigenvalue weighted by molar-refractivity contribution is 5.96. The Morgan fingerprint density at radius 3 is 2.31 bits per heavy atom. The van der Waals surface area contributed by atoms with Crippen LogP contribution in [0, 0.1) is 6.92 Å². The van der Waals surface area contributed by atoms with Crippen LogP contribution in [0.15, 0.2) is 42.5 Å². The number of hydrogen-bond donors (Lipinski definition) is 2. The quantitative estimate of drug-likeness (QED) is 0.726. The average Bonchev–Trinajstić information content (AvgIpc) is 2.63. The molecule has 0 aliphatic rings. The molecule has 0 saturated carbocycles. The van der Waals surface area contributed by atoms with Gasteiger partial charge in [0.15, 0.2) is 0 Å². The van der Waals surface area contributed by atoms with Crippen LogP contribution in [0.3, 0.4) is 0 Å². The summed E-state index contributed by atoms with van der Waals surface area (Å²) in [6.07, 6.45) is 0.163.